The molecule has 1 heteroatoms. The lowest BCUT2D eigenvalue weighted by Crippen LogP contribution is -2.32. The van der Waals surface area contributed by atoms with Crippen molar-refractivity contribution in [1.29, 1.82) is 0 Å². The van der Waals surface area contributed by atoms with Gasteiger partial charge in [-0.25, -0.2) is 0 Å². The van der Waals surface area contributed by atoms with Gasteiger partial charge in [-0.2, -0.15) is 0 Å². The number of hydrogen-bond acceptors (Lipinski definition) is 0. The SMILES string of the molecule is CC1=CCC(C)(P(C)C2(C)C=CC(C)=CC2)C=C1. The third-order valence-corrected chi connectivity index (χ3v) is 8.35. The van der Waals surface area contributed by atoms with Crippen molar-refractivity contribution in [3.63, 3.8) is 0 Å². The lowest BCUT2D eigenvalue weighted by molar-refractivity contribution is 0.707. The minimum absolute atomic E-state index is 0.0819. The lowest BCUT2D eigenvalue weighted by Gasteiger charge is -2.45. The number of hydrogen-bond donors (Lipinski definition) is 0. The molecule has 2 aliphatic carbocycles. The fourth-order valence-corrected chi connectivity index (χ4v) is 5.20. The average molecular weight is 260 g/mol. The van der Waals surface area contributed by atoms with Crippen LogP contribution in [0.5, 0.6) is 0 Å². The second kappa shape index (κ2) is 4.82. The first-order valence-corrected chi connectivity index (χ1v) is 8.61. The maximum absolute atomic E-state index is 2.48. The van der Waals surface area contributed by atoms with Crippen LogP contribution in [0.25, 0.3) is 0 Å². The quantitative estimate of drug-likeness (QED) is 0.581. The molecule has 2 aliphatic rings. The van der Waals surface area contributed by atoms with E-state index in [-0.39, 0.29) is 7.92 Å². The van der Waals surface area contributed by atoms with E-state index < -0.39 is 0 Å². The number of rotatable bonds is 2. The first-order valence-electron chi connectivity index (χ1n) is 6.82. The molecule has 0 nitrogen and oxygen atoms in total. The van der Waals surface area contributed by atoms with Gasteiger partial charge < -0.3 is 0 Å². The zero-order chi connectivity index (χ0) is 13.4. The van der Waals surface area contributed by atoms with Crippen LogP contribution in [0.4, 0.5) is 0 Å². The van der Waals surface area contributed by atoms with E-state index in [1.165, 1.54) is 24.0 Å². The Hall–Kier alpha value is -0.610. The predicted octanol–water partition coefficient (Wildman–Crippen LogP) is 5.43. The van der Waals surface area contributed by atoms with Crippen molar-refractivity contribution in [3.05, 3.63) is 47.6 Å². The summed E-state index contributed by atoms with van der Waals surface area (Å²) in [6.07, 6.45) is 16.7. The zero-order valence-electron chi connectivity index (χ0n) is 12.3. The minimum atomic E-state index is -0.0819. The highest BCUT2D eigenvalue weighted by atomic mass is 31.1. The molecule has 2 atom stereocenters. The predicted molar refractivity (Wildman–Crippen MR) is 84.7 cm³/mol. The Kier molecular flexibility index (Phi) is 3.70. The molecule has 98 valence electrons. The molecule has 0 amide bonds. The van der Waals surface area contributed by atoms with Crippen molar-refractivity contribution in [2.24, 2.45) is 0 Å². The first kappa shape index (κ1) is 13.8. The van der Waals surface area contributed by atoms with Gasteiger partial charge >= 0.3 is 0 Å². The highest BCUT2D eigenvalue weighted by molar-refractivity contribution is 7.60. The first-order chi connectivity index (χ1) is 8.36. The van der Waals surface area contributed by atoms with Crippen LogP contribution in [0.15, 0.2) is 47.6 Å². The summed E-state index contributed by atoms with van der Waals surface area (Å²) in [5.74, 6) is 0. The largest absolute Gasteiger partial charge is 0.0892 e. The van der Waals surface area contributed by atoms with Crippen molar-refractivity contribution in [2.45, 2.75) is 50.8 Å². The molecular formula is C17H25P. The molecule has 2 unspecified atom stereocenters. The van der Waals surface area contributed by atoms with Gasteiger partial charge in [0.25, 0.3) is 0 Å². The van der Waals surface area contributed by atoms with E-state index in [1.54, 1.807) is 0 Å². The van der Waals surface area contributed by atoms with Gasteiger partial charge in [-0.3, -0.25) is 0 Å². The third kappa shape index (κ3) is 2.54. The van der Waals surface area contributed by atoms with E-state index in [9.17, 15) is 0 Å². The van der Waals surface area contributed by atoms with E-state index in [4.69, 9.17) is 0 Å². The van der Waals surface area contributed by atoms with Gasteiger partial charge in [0.1, 0.15) is 0 Å². The Morgan fingerprint density at radius 1 is 0.889 bits per heavy atom. The van der Waals surface area contributed by atoms with Crippen LogP contribution in [-0.4, -0.2) is 17.0 Å². The van der Waals surface area contributed by atoms with Crippen molar-refractivity contribution in [2.75, 3.05) is 6.66 Å². The van der Waals surface area contributed by atoms with E-state index in [1.807, 2.05) is 0 Å². The van der Waals surface area contributed by atoms with E-state index >= 15 is 0 Å². The summed E-state index contributed by atoms with van der Waals surface area (Å²) >= 11 is 0. The second-order valence-electron chi connectivity index (χ2n) is 6.24. The normalized spacial score (nSPS) is 37.2. The molecule has 0 bridgehead atoms. The van der Waals surface area contributed by atoms with Crippen LogP contribution in [0, 0.1) is 0 Å². The summed E-state index contributed by atoms with van der Waals surface area (Å²) in [5, 5.41) is 0.708. The molecule has 18 heavy (non-hydrogen) atoms. The molecular weight excluding hydrogens is 235 g/mol. The molecule has 0 aromatic heterocycles. The second-order valence-corrected chi connectivity index (χ2v) is 9.41. The fraction of sp³-hybridized carbons (Fsp3) is 0.529. The van der Waals surface area contributed by atoms with Gasteiger partial charge in [0.2, 0.25) is 0 Å². The van der Waals surface area contributed by atoms with Crippen molar-refractivity contribution >= 4 is 7.92 Å². The maximum atomic E-state index is 2.48. The molecule has 0 saturated heterocycles. The summed E-state index contributed by atoms with van der Waals surface area (Å²) in [6, 6.07) is 0. The summed E-state index contributed by atoms with van der Waals surface area (Å²) in [4.78, 5) is 0. The van der Waals surface area contributed by atoms with E-state index in [0.29, 0.717) is 10.3 Å². The van der Waals surface area contributed by atoms with Gasteiger partial charge in [-0.05, 0) is 33.4 Å². The Bertz CT molecular complexity index is 410. The maximum Gasteiger partial charge on any atom is 0.00986 e. The third-order valence-electron chi connectivity index (χ3n) is 4.62. The zero-order valence-corrected chi connectivity index (χ0v) is 13.2. The fourth-order valence-electron chi connectivity index (χ4n) is 2.71. The van der Waals surface area contributed by atoms with Crippen LogP contribution in [0.3, 0.4) is 0 Å². The van der Waals surface area contributed by atoms with Crippen molar-refractivity contribution in [3.8, 4) is 0 Å². The van der Waals surface area contributed by atoms with E-state index in [2.05, 4.69) is 70.8 Å². The van der Waals surface area contributed by atoms with Gasteiger partial charge in [0.05, 0.1) is 0 Å². The standard InChI is InChI=1S/C17H25P/c1-14-6-10-16(3,11-7-14)18(5)17(4)12-8-15(2)9-13-17/h6-10,12H,11,13H2,1-5H3. The smallest absolute Gasteiger partial charge is 0.00986 e. The highest BCUT2D eigenvalue weighted by Crippen LogP contribution is 2.62. The van der Waals surface area contributed by atoms with Crippen molar-refractivity contribution < 1.29 is 0 Å². The molecule has 0 aromatic carbocycles. The summed E-state index contributed by atoms with van der Waals surface area (Å²) < 4.78 is 0. The van der Waals surface area contributed by atoms with E-state index in [0.717, 1.165) is 0 Å². The van der Waals surface area contributed by atoms with Crippen LogP contribution >= 0.6 is 7.92 Å². The summed E-state index contributed by atoms with van der Waals surface area (Å²) in [7, 11) is -0.0819. The topological polar surface area (TPSA) is 0 Å². The Morgan fingerprint density at radius 3 is 1.56 bits per heavy atom. The van der Waals surface area contributed by atoms with Gasteiger partial charge in [-0.15, -0.1) is 0 Å². The lowest BCUT2D eigenvalue weighted by atomic mass is 9.97. The molecule has 0 radical (unpaired) electrons. The molecule has 0 N–H and O–H groups in total. The molecule has 0 aliphatic heterocycles. The monoisotopic (exact) mass is 260 g/mol. The Morgan fingerprint density at radius 2 is 1.28 bits per heavy atom. The van der Waals surface area contributed by atoms with Crippen LogP contribution in [0.1, 0.15) is 40.5 Å². The molecule has 0 fully saturated rings. The molecule has 0 heterocycles. The minimum Gasteiger partial charge on any atom is -0.0892 e. The summed E-state index contributed by atoms with van der Waals surface area (Å²) in [6.45, 7) is 11.7. The molecule has 0 aromatic rings. The average Bonchev–Trinajstić information content (AvgIpc) is 2.36. The molecule has 2 rings (SSSR count). The Labute approximate surface area is 113 Å². The molecule has 0 spiro atoms. The summed E-state index contributed by atoms with van der Waals surface area (Å²) in [5.41, 5.74) is 2.83. The van der Waals surface area contributed by atoms with Crippen LogP contribution in [-0.2, 0) is 0 Å². The highest BCUT2D eigenvalue weighted by Gasteiger charge is 2.40. The van der Waals surface area contributed by atoms with Gasteiger partial charge in [0, 0.05) is 10.3 Å². The van der Waals surface area contributed by atoms with Crippen LogP contribution < -0.4 is 0 Å². The Balaban J connectivity index is 2.20. The van der Waals surface area contributed by atoms with Gasteiger partial charge in [0.15, 0.2) is 0 Å². The number of allylic oxidation sites excluding steroid dienone is 8. The molecule has 0 saturated carbocycles. The van der Waals surface area contributed by atoms with Crippen LogP contribution in [0.2, 0.25) is 0 Å². The van der Waals surface area contributed by atoms with Gasteiger partial charge in [-0.1, -0.05) is 69.4 Å². The van der Waals surface area contributed by atoms with Crippen molar-refractivity contribution in [1.82, 2.24) is 0 Å².